The third-order valence-corrected chi connectivity index (χ3v) is 5.62. The van der Waals surface area contributed by atoms with E-state index >= 15 is 0 Å². The molecule has 0 aliphatic carbocycles. The number of aryl methyl sites for hydroxylation is 1. The number of phenols is 1. The molecule has 1 aromatic carbocycles. The van der Waals surface area contributed by atoms with Gasteiger partial charge in [0.25, 0.3) is 0 Å². The van der Waals surface area contributed by atoms with E-state index < -0.39 is 0 Å². The summed E-state index contributed by atoms with van der Waals surface area (Å²) in [5.74, 6) is 0.614. The molecule has 146 valence electrons. The zero-order chi connectivity index (χ0) is 19.7. The highest BCUT2D eigenvalue weighted by molar-refractivity contribution is 5.88. The topological polar surface area (TPSA) is 108 Å². The Balaban J connectivity index is 1.82. The standard InChI is InChI=1S/C21H25N5O2/c1-13-20-17(19(12-27)26-8-2-3-14(10-22)11-26)9-18(23-21(20)25-24-13)15-4-6-16(28)7-5-15/h4-7,9,12,14,19,28H,2-3,8,10-11,22H2,1H3,(H,23,24,25). The van der Waals surface area contributed by atoms with Gasteiger partial charge in [-0.1, -0.05) is 0 Å². The molecule has 2 aromatic heterocycles. The zero-order valence-electron chi connectivity index (χ0n) is 15.9. The summed E-state index contributed by atoms with van der Waals surface area (Å²) in [6, 6.07) is 8.49. The molecule has 2 unspecified atom stereocenters. The van der Waals surface area contributed by atoms with Gasteiger partial charge in [-0.25, -0.2) is 4.98 Å². The molecule has 0 saturated carbocycles. The van der Waals surface area contributed by atoms with E-state index in [0.29, 0.717) is 18.1 Å². The fourth-order valence-corrected chi connectivity index (χ4v) is 4.12. The predicted molar refractivity (Wildman–Crippen MR) is 108 cm³/mol. The fraction of sp³-hybridized carbons (Fsp3) is 0.381. The first kappa shape index (κ1) is 18.6. The van der Waals surface area contributed by atoms with E-state index in [-0.39, 0.29) is 11.8 Å². The molecular formula is C21H25N5O2. The minimum Gasteiger partial charge on any atom is -0.508 e. The summed E-state index contributed by atoms with van der Waals surface area (Å²) < 4.78 is 0. The average Bonchev–Trinajstić information content (AvgIpc) is 3.10. The van der Waals surface area contributed by atoms with Crippen LogP contribution in [0.5, 0.6) is 5.75 Å². The third-order valence-electron chi connectivity index (χ3n) is 5.62. The van der Waals surface area contributed by atoms with Crippen molar-refractivity contribution < 1.29 is 9.90 Å². The van der Waals surface area contributed by atoms with Gasteiger partial charge in [0.1, 0.15) is 12.0 Å². The molecule has 1 aliphatic rings. The van der Waals surface area contributed by atoms with E-state index in [2.05, 4.69) is 20.1 Å². The van der Waals surface area contributed by atoms with Gasteiger partial charge in [-0.3, -0.25) is 10.00 Å². The second-order valence-electron chi connectivity index (χ2n) is 7.51. The van der Waals surface area contributed by atoms with Crippen LogP contribution in [0.15, 0.2) is 30.3 Å². The average molecular weight is 379 g/mol. The predicted octanol–water partition coefficient (Wildman–Crippen LogP) is 2.55. The number of aromatic hydroxyl groups is 1. The highest BCUT2D eigenvalue weighted by Crippen LogP contribution is 2.33. The molecule has 7 heteroatoms. The minimum absolute atomic E-state index is 0.201. The van der Waals surface area contributed by atoms with Gasteiger partial charge in [-0.2, -0.15) is 5.10 Å². The van der Waals surface area contributed by atoms with Crippen LogP contribution >= 0.6 is 0 Å². The van der Waals surface area contributed by atoms with Crippen molar-refractivity contribution in [3.63, 3.8) is 0 Å². The van der Waals surface area contributed by atoms with Crippen LogP contribution in [0.2, 0.25) is 0 Å². The molecule has 0 bridgehead atoms. The van der Waals surface area contributed by atoms with Crippen molar-refractivity contribution in [2.75, 3.05) is 19.6 Å². The lowest BCUT2D eigenvalue weighted by Crippen LogP contribution is -2.41. The molecule has 0 spiro atoms. The maximum absolute atomic E-state index is 12.2. The van der Waals surface area contributed by atoms with Gasteiger partial charge in [0, 0.05) is 23.2 Å². The van der Waals surface area contributed by atoms with Gasteiger partial charge in [0.2, 0.25) is 0 Å². The van der Waals surface area contributed by atoms with Crippen LogP contribution in [0.4, 0.5) is 0 Å². The first-order valence-corrected chi connectivity index (χ1v) is 9.65. The number of aldehydes is 1. The number of likely N-dealkylation sites (tertiary alicyclic amines) is 1. The van der Waals surface area contributed by atoms with Gasteiger partial charge in [-0.15, -0.1) is 0 Å². The molecule has 3 aromatic rings. The van der Waals surface area contributed by atoms with Crippen molar-refractivity contribution in [2.24, 2.45) is 11.7 Å². The summed E-state index contributed by atoms with van der Waals surface area (Å²) in [4.78, 5) is 19.1. The van der Waals surface area contributed by atoms with E-state index in [1.807, 2.05) is 25.1 Å². The number of nitrogens with one attached hydrogen (secondary N) is 1. The van der Waals surface area contributed by atoms with E-state index in [0.717, 1.165) is 60.1 Å². The molecule has 7 nitrogen and oxygen atoms in total. The number of hydrogen-bond donors (Lipinski definition) is 3. The Morgan fingerprint density at radius 2 is 2.18 bits per heavy atom. The lowest BCUT2D eigenvalue weighted by molar-refractivity contribution is -0.113. The highest BCUT2D eigenvalue weighted by atomic mass is 16.3. The van der Waals surface area contributed by atoms with Gasteiger partial charge >= 0.3 is 0 Å². The number of carbonyl (C=O) groups excluding carboxylic acids is 1. The van der Waals surface area contributed by atoms with E-state index in [9.17, 15) is 9.90 Å². The van der Waals surface area contributed by atoms with Crippen molar-refractivity contribution in [2.45, 2.75) is 25.8 Å². The van der Waals surface area contributed by atoms with E-state index in [4.69, 9.17) is 5.73 Å². The Hall–Kier alpha value is -2.77. The number of H-pyrrole nitrogens is 1. The smallest absolute Gasteiger partial charge is 0.182 e. The molecule has 4 rings (SSSR count). The molecule has 28 heavy (non-hydrogen) atoms. The van der Waals surface area contributed by atoms with Crippen LogP contribution in [0.1, 0.15) is 30.1 Å². The van der Waals surface area contributed by atoms with Crippen molar-refractivity contribution in [3.05, 3.63) is 41.6 Å². The summed E-state index contributed by atoms with van der Waals surface area (Å²) in [6.07, 6.45) is 3.16. The van der Waals surface area contributed by atoms with Crippen LogP contribution in [-0.2, 0) is 4.79 Å². The number of piperidine rings is 1. The molecule has 1 fully saturated rings. The Labute approximate surface area is 163 Å². The third kappa shape index (κ3) is 3.39. The number of benzene rings is 1. The van der Waals surface area contributed by atoms with Crippen molar-refractivity contribution in [3.8, 4) is 17.0 Å². The highest BCUT2D eigenvalue weighted by Gasteiger charge is 2.29. The summed E-state index contributed by atoms with van der Waals surface area (Å²) in [7, 11) is 0. The lowest BCUT2D eigenvalue weighted by atomic mass is 9.93. The van der Waals surface area contributed by atoms with E-state index in [1.54, 1.807) is 12.1 Å². The maximum atomic E-state index is 12.2. The van der Waals surface area contributed by atoms with E-state index in [1.165, 1.54) is 0 Å². The SMILES string of the molecule is Cc1[nH]nc2nc(-c3ccc(O)cc3)cc(C(C=O)N3CCCC(CN)C3)c12. The first-order valence-electron chi connectivity index (χ1n) is 9.65. The maximum Gasteiger partial charge on any atom is 0.182 e. The molecule has 1 aliphatic heterocycles. The minimum atomic E-state index is -0.369. The number of carbonyl (C=O) groups is 1. The monoisotopic (exact) mass is 379 g/mol. The molecule has 0 amide bonds. The molecular weight excluding hydrogens is 354 g/mol. The van der Waals surface area contributed by atoms with Crippen molar-refractivity contribution >= 4 is 17.3 Å². The van der Waals surface area contributed by atoms with Crippen LogP contribution < -0.4 is 5.73 Å². The van der Waals surface area contributed by atoms with Gasteiger partial charge in [0.15, 0.2) is 5.65 Å². The number of nitrogens with zero attached hydrogens (tertiary/aromatic N) is 3. The van der Waals surface area contributed by atoms with Crippen LogP contribution in [-0.4, -0.2) is 51.1 Å². The van der Waals surface area contributed by atoms with Crippen molar-refractivity contribution in [1.82, 2.24) is 20.1 Å². The Kier molecular flexibility index (Phi) is 5.11. The number of fused-ring (bicyclic) bond motifs is 1. The Morgan fingerprint density at radius 3 is 2.89 bits per heavy atom. The number of phenolic OH excluding ortho intramolecular Hbond substituents is 1. The lowest BCUT2D eigenvalue weighted by Gasteiger charge is -2.36. The van der Waals surface area contributed by atoms with Crippen LogP contribution in [0.3, 0.4) is 0 Å². The van der Waals surface area contributed by atoms with Crippen molar-refractivity contribution in [1.29, 1.82) is 0 Å². The largest absolute Gasteiger partial charge is 0.508 e. The molecule has 2 atom stereocenters. The Bertz CT molecular complexity index is 982. The number of aromatic amines is 1. The summed E-state index contributed by atoms with van der Waals surface area (Å²) in [6.45, 7) is 4.27. The van der Waals surface area contributed by atoms with Gasteiger partial charge in [-0.05, 0) is 74.7 Å². The molecule has 0 radical (unpaired) electrons. The second-order valence-corrected chi connectivity index (χ2v) is 7.51. The molecule has 1 saturated heterocycles. The Morgan fingerprint density at radius 1 is 1.39 bits per heavy atom. The van der Waals surface area contributed by atoms with Crippen LogP contribution in [0.25, 0.3) is 22.3 Å². The quantitative estimate of drug-likeness (QED) is 0.588. The second kappa shape index (κ2) is 7.69. The first-order chi connectivity index (χ1) is 13.6. The molecule has 3 heterocycles. The van der Waals surface area contributed by atoms with Crippen LogP contribution in [0, 0.1) is 12.8 Å². The van der Waals surface area contributed by atoms with Gasteiger partial charge < -0.3 is 15.6 Å². The number of nitrogens with two attached hydrogens (primary N) is 1. The fourth-order valence-electron chi connectivity index (χ4n) is 4.12. The number of hydrogen-bond acceptors (Lipinski definition) is 6. The molecule has 4 N–H and O–H groups in total. The normalized spacial score (nSPS) is 19.0. The number of rotatable bonds is 5. The zero-order valence-corrected chi connectivity index (χ0v) is 15.9. The summed E-state index contributed by atoms with van der Waals surface area (Å²) in [5.41, 5.74) is 9.89. The number of pyridine rings is 1. The summed E-state index contributed by atoms with van der Waals surface area (Å²) in [5, 5.41) is 17.8. The number of aromatic nitrogens is 3. The van der Waals surface area contributed by atoms with Gasteiger partial charge in [0.05, 0.1) is 11.7 Å². The summed E-state index contributed by atoms with van der Waals surface area (Å²) >= 11 is 0.